The Bertz CT molecular complexity index is 112. The highest BCUT2D eigenvalue weighted by molar-refractivity contribution is 4.77. The maximum absolute atomic E-state index is 3.88. The Morgan fingerprint density at radius 1 is 1.22 bits per heavy atom. The van der Waals surface area contributed by atoms with Gasteiger partial charge in [0, 0.05) is 5.92 Å². The van der Waals surface area contributed by atoms with Crippen molar-refractivity contribution >= 4 is 0 Å². The van der Waals surface area contributed by atoms with Gasteiger partial charge in [-0.2, -0.15) is 10.2 Å². The molecule has 1 aliphatic heterocycles. The third kappa shape index (κ3) is 2.12. The standard InChI is InChI=1S/C7H14N2/c1-5(2)4-6(3)7-8-9-7/h5-7H,4H2,1-3H3. The van der Waals surface area contributed by atoms with Gasteiger partial charge in [0.05, 0.1) is 0 Å². The van der Waals surface area contributed by atoms with E-state index in [4.69, 9.17) is 0 Å². The largest absolute Gasteiger partial charge is 0.183 e. The highest BCUT2D eigenvalue weighted by atomic mass is 15.4. The summed E-state index contributed by atoms with van der Waals surface area (Å²) in [6.07, 6.45) is 1.60. The van der Waals surface area contributed by atoms with Crippen molar-refractivity contribution < 1.29 is 0 Å². The van der Waals surface area contributed by atoms with Crippen LogP contribution in [0.25, 0.3) is 0 Å². The normalized spacial score (nSPS) is 20.9. The molecule has 52 valence electrons. The van der Waals surface area contributed by atoms with Crippen molar-refractivity contribution in [1.82, 2.24) is 0 Å². The number of rotatable bonds is 3. The monoisotopic (exact) mass is 126 g/mol. The van der Waals surface area contributed by atoms with E-state index in [0.717, 1.165) is 5.92 Å². The van der Waals surface area contributed by atoms with Gasteiger partial charge in [0.1, 0.15) is 0 Å². The maximum atomic E-state index is 3.88. The molecule has 1 atom stereocenters. The molecular formula is C7H14N2. The first kappa shape index (κ1) is 6.72. The van der Waals surface area contributed by atoms with E-state index in [-0.39, 0.29) is 0 Å². The van der Waals surface area contributed by atoms with E-state index < -0.39 is 0 Å². The van der Waals surface area contributed by atoms with Crippen LogP contribution >= 0.6 is 0 Å². The van der Waals surface area contributed by atoms with Crippen LogP contribution in [0.4, 0.5) is 0 Å². The van der Waals surface area contributed by atoms with Crippen LogP contribution in [0.1, 0.15) is 27.2 Å². The smallest absolute Gasteiger partial charge is 0.162 e. The Balaban J connectivity index is 2.10. The van der Waals surface area contributed by atoms with Gasteiger partial charge in [-0.25, -0.2) is 0 Å². The second-order valence-corrected chi connectivity index (χ2v) is 3.25. The van der Waals surface area contributed by atoms with E-state index in [0.29, 0.717) is 12.1 Å². The summed E-state index contributed by atoms with van der Waals surface area (Å²) < 4.78 is 0. The third-order valence-corrected chi connectivity index (χ3v) is 1.60. The van der Waals surface area contributed by atoms with Crippen LogP contribution in [0.2, 0.25) is 0 Å². The topological polar surface area (TPSA) is 24.7 Å². The first-order valence-corrected chi connectivity index (χ1v) is 3.60. The van der Waals surface area contributed by atoms with E-state index in [9.17, 15) is 0 Å². The molecule has 0 aromatic heterocycles. The molecule has 2 heteroatoms. The fourth-order valence-corrected chi connectivity index (χ4v) is 1.13. The molecule has 0 N–H and O–H groups in total. The Morgan fingerprint density at radius 3 is 2.11 bits per heavy atom. The van der Waals surface area contributed by atoms with Gasteiger partial charge in [-0.05, 0) is 12.3 Å². The molecular weight excluding hydrogens is 112 g/mol. The van der Waals surface area contributed by atoms with Crippen molar-refractivity contribution in [3.63, 3.8) is 0 Å². The minimum Gasteiger partial charge on any atom is -0.162 e. The average Bonchev–Trinajstić information content (AvgIpc) is 2.40. The van der Waals surface area contributed by atoms with Crippen molar-refractivity contribution in [3.8, 4) is 0 Å². The van der Waals surface area contributed by atoms with Crippen LogP contribution in [-0.2, 0) is 0 Å². The van der Waals surface area contributed by atoms with Crippen molar-refractivity contribution in [2.24, 2.45) is 22.1 Å². The van der Waals surface area contributed by atoms with Crippen LogP contribution in [0.5, 0.6) is 0 Å². The molecule has 1 aliphatic rings. The van der Waals surface area contributed by atoms with Gasteiger partial charge < -0.3 is 0 Å². The van der Waals surface area contributed by atoms with Gasteiger partial charge in [0.25, 0.3) is 0 Å². The van der Waals surface area contributed by atoms with Gasteiger partial charge in [0.15, 0.2) is 6.17 Å². The fourth-order valence-electron chi connectivity index (χ4n) is 1.13. The van der Waals surface area contributed by atoms with Gasteiger partial charge >= 0.3 is 0 Å². The highest BCUT2D eigenvalue weighted by Crippen LogP contribution is 2.25. The molecule has 1 unspecified atom stereocenters. The number of nitrogens with zero attached hydrogens (tertiary/aromatic N) is 2. The fraction of sp³-hybridized carbons (Fsp3) is 1.00. The van der Waals surface area contributed by atoms with E-state index in [1.165, 1.54) is 6.42 Å². The number of hydrogen-bond donors (Lipinski definition) is 0. The van der Waals surface area contributed by atoms with E-state index in [2.05, 4.69) is 31.0 Å². The lowest BCUT2D eigenvalue weighted by Crippen LogP contribution is -2.06. The zero-order valence-electron chi connectivity index (χ0n) is 6.33. The molecule has 1 heterocycles. The van der Waals surface area contributed by atoms with Crippen LogP contribution in [0.3, 0.4) is 0 Å². The summed E-state index contributed by atoms with van der Waals surface area (Å²) in [6, 6.07) is 0. The maximum Gasteiger partial charge on any atom is 0.183 e. The minimum atomic E-state index is 0.354. The van der Waals surface area contributed by atoms with E-state index in [1.54, 1.807) is 0 Å². The Labute approximate surface area is 56.4 Å². The van der Waals surface area contributed by atoms with Crippen molar-refractivity contribution in [1.29, 1.82) is 0 Å². The molecule has 1 rings (SSSR count). The van der Waals surface area contributed by atoms with Crippen molar-refractivity contribution in [2.75, 3.05) is 0 Å². The Kier molecular flexibility index (Phi) is 1.84. The van der Waals surface area contributed by atoms with Crippen LogP contribution in [-0.4, -0.2) is 6.17 Å². The summed E-state index contributed by atoms with van der Waals surface area (Å²) in [5, 5.41) is 7.76. The highest BCUT2D eigenvalue weighted by Gasteiger charge is 2.24. The molecule has 0 bridgehead atoms. The molecule has 2 nitrogen and oxygen atoms in total. The minimum absolute atomic E-state index is 0.354. The predicted molar refractivity (Wildman–Crippen MR) is 37.3 cm³/mol. The average molecular weight is 126 g/mol. The lowest BCUT2D eigenvalue weighted by Gasteiger charge is -2.08. The first-order valence-electron chi connectivity index (χ1n) is 3.60. The van der Waals surface area contributed by atoms with Crippen molar-refractivity contribution in [2.45, 2.75) is 33.4 Å². The van der Waals surface area contributed by atoms with E-state index in [1.807, 2.05) is 0 Å². The zero-order valence-corrected chi connectivity index (χ0v) is 6.33. The van der Waals surface area contributed by atoms with Gasteiger partial charge in [-0.1, -0.05) is 20.8 Å². The molecule has 0 aromatic carbocycles. The number of hydrogen-bond acceptors (Lipinski definition) is 2. The summed E-state index contributed by atoms with van der Waals surface area (Å²) in [6.45, 7) is 6.68. The predicted octanol–water partition coefficient (Wildman–Crippen LogP) is 2.46. The van der Waals surface area contributed by atoms with Crippen LogP contribution in [0.15, 0.2) is 10.2 Å². The lowest BCUT2D eigenvalue weighted by molar-refractivity contribution is 0.425. The second-order valence-electron chi connectivity index (χ2n) is 3.25. The third-order valence-electron chi connectivity index (χ3n) is 1.60. The van der Waals surface area contributed by atoms with Crippen molar-refractivity contribution in [3.05, 3.63) is 0 Å². The van der Waals surface area contributed by atoms with Gasteiger partial charge in [-0.3, -0.25) is 0 Å². The summed E-state index contributed by atoms with van der Waals surface area (Å²) in [4.78, 5) is 0. The molecule has 0 saturated heterocycles. The summed E-state index contributed by atoms with van der Waals surface area (Å²) in [5.74, 6) is 1.45. The van der Waals surface area contributed by atoms with Crippen LogP contribution in [0, 0.1) is 11.8 Å². The van der Waals surface area contributed by atoms with Gasteiger partial charge in [-0.15, -0.1) is 0 Å². The summed E-state index contributed by atoms with van der Waals surface area (Å²) >= 11 is 0. The second kappa shape index (κ2) is 2.46. The van der Waals surface area contributed by atoms with Gasteiger partial charge in [0.2, 0.25) is 0 Å². The summed E-state index contributed by atoms with van der Waals surface area (Å²) in [7, 11) is 0. The molecule has 0 fully saturated rings. The molecule has 0 radical (unpaired) electrons. The Morgan fingerprint density at radius 2 is 1.78 bits per heavy atom. The summed E-state index contributed by atoms with van der Waals surface area (Å²) in [5.41, 5.74) is 0. The molecule has 0 saturated carbocycles. The zero-order chi connectivity index (χ0) is 6.85. The molecule has 0 amide bonds. The molecule has 9 heavy (non-hydrogen) atoms. The van der Waals surface area contributed by atoms with Crippen LogP contribution < -0.4 is 0 Å². The first-order chi connectivity index (χ1) is 4.20. The molecule has 0 aliphatic carbocycles. The quantitative estimate of drug-likeness (QED) is 0.555. The molecule has 0 spiro atoms. The molecule has 0 aromatic rings. The Hall–Kier alpha value is -0.400. The SMILES string of the molecule is CC(C)CC(C)C1N=N1. The van der Waals surface area contributed by atoms with E-state index >= 15 is 0 Å². The lowest BCUT2D eigenvalue weighted by atomic mass is 9.98.